The third kappa shape index (κ3) is 1.97. The van der Waals surface area contributed by atoms with Gasteiger partial charge in [0.15, 0.2) is 0 Å². The van der Waals surface area contributed by atoms with Crippen molar-refractivity contribution in [3.63, 3.8) is 0 Å². The molecule has 2 heterocycles. The average Bonchev–Trinajstić information content (AvgIpc) is 2.80. The van der Waals surface area contributed by atoms with Gasteiger partial charge >= 0.3 is 0 Å². The zero-order chi connectivity index (χ0) is 10.8. The van der Waals surface area contributed by atoms with Crippen LogP contribution in [0.2, 0.25) is 0 Å². The van der Waals surface area contributed by atoms with Crippen LogP contribution < -0.4 is 0 Å². The number of thiazole rings is 1. The molecule has 0 unspecified atom stereocenters. The fourth-order valence-corrected chi connectivity index (χ4v) is 3.22. The van der Waals surface area contributed by atoms with Gasteiger partial charge in [-0.25, -0.2) is 4.98 Å². The van der Waals surface area contributed by atoms with Crippen LogP contribution in [0, 0.1) is 0 Å². The van der Waals surface area contributed by atoms with Crippen LogP contribution in [0.5, 0.6) is 0 Å². The first-order valence-electron chi connectivity index (χ1n) is 5.97. The Labute approximate surface area is 99.9 Å². The molecule has 2 aromatic rings. The Hall–Kier alpha value is -0.930. The van der Waals surface area contributed by atoms with E-state index < -0.39 is 0 Å². The van der Waals surface area contributed by atoms with Crippen LogP contribution in [-0.4, -0.2) is 23.0 Å². The maximum absolute atomic E-state index is 4.37. The second kappa shape index (κ2) is 4.52. The first-order chi connectivity index (χ1) is 7.93. The van der Waals surface area contributed by atoms with Crippen molar-refractivity contribution in [3.8, 4) is 0 Å². The number of nitrogens with zero attached hydrogens (tertiary/aromatic N) is 2. The maximum Gasteiger partial charge on any atom is 0.0815 e. The van der Waals surface area contributed by atoms with Crippen LogP contribution in [0.3, 0.4) is 0 Å². The number of piperidine rings is 1. The molecule has 0 aliphatic carbocycles. The fraction of sp³-hybridized carbons (Fsp3) is 0.462. The minimum Gasteiger partial charge on any atom is -0.299 e. The molecule has 3 heteroatoms. The SMILES string of the molecule is c1cc(CN2CCCCC2)c2scnc2c1. The first-order valence-corrected chi connectivity index (χ1v) is 6.85. The largest absolute Gasteiger partial charge is 0.299 e. The normalized spacial score (nSPS) is 18.0. The highest BCUT2D eigenvalue weighted by atomic mass is 32.1. The number of hydrogen-bond acceptors (Lipinski definition) is 3. The Morgan fingerprint density at radius 2 is 2.06 bits per heavy atom. The zero-order valence-corrected chi connectivity index (χ0v) is 10.2. The van der Waals surface area contributed by atoms with Crippen molar-refractivity contribution in [3.05, 3.63) is 29.3 Å². The molecule has 0 amide bonds. The van der Waals surface area contributed by atoms with E-state index in [4.69, 9.17) is 0 Å². The van der Waals surface area contributed by atoms with Gasteiger partial charge in [-0.15, -0.1) is 11.3 Å². The summed E-state index contributed by atoms with van der Waals surface area (Å²) in [5.74, 6) is 0. The van der Waals surface area contributed by atoms with Crippen molar-refractivity contribution in [2.45, 2.75) is 25.8 Å². The summed E-state index contributed by atoms with van der Waals surface area (Å²) in [6.07, 6.45) is 4.12. The maximum atomic E-state index is 4.37. The molecule has 0 saturated carbocycles. The van der Waals surface area contributed by atoms with E-state index in [1.54, 1.807) is 11.3 Å². The molecule has 1 aromatic carbocycles. The highest BCUT2D eigenvalue weighted by molar-refractivity contribution is 7.16. The van der Waals surface area contributed by atoms with E-state index in [0.717, 1.165) is 12.1 Å². The summed E-state index contributed by atoms with van der Waals surface area (Å²) in [6.45, 7) is 3.61. The lowest BCUT2D eigenvalue weighted by molar-refractivity contribution is 0.221. The van der Waals surface area contributed by atoms with Crippen LogP contribution in [0.1, 0.15) is 24.8 Å². The standard InChI is InChI=1S/C13H16N2S/c1-2-7-15(8-3-1)9-11-5-4-6-12-13(11)16-10-14-12/h4-6,10H,1-3,7-9H2. The number of hydrogen-bond donors (Lipinski definition) is 0. The molecule has 1 aromatic heterocycles. The van der Waals surface area contributed by atoms with Gasteiger partial charge in [0.1, 0.15) is 0 Å². The molecule has 1 fully saturated rings. The highest BCUT2D eigenvalue weighted by Gasteiger charge is 2.12. The van der Waals surface area contributed by atoms with Crippen LogP contribution in [-0.2, 0) is 6.54 Å². The summed E-state index contributed by atoms with van der Waals surface area (Å²) < 4.78 is 1.37. The molecular formula is C13H16N2S. The quantitative estimate of drug-likeness (QED) is 0.790. The Morgan fingerprint density at radius 3 is 2.94 bits per heavy atom. The molecule has 2 nitrogen and oxygen atoms in total. The third-order valence-corrected chi connectivity index (χ3v) is 4.20. The van der Waals surface area contributed by atoms with Gasteiger partial charge < -0.3 is 0 Å². The number of fused-ring (bicyclic) bond motifs is 1. The van der Waals surface area contributed by atoms with Crippen LogP contribution in [0.4, 0.5) is 0 Å². The number of aromatic nitrogens is 1. The van der Waals surface area contributed by atoms with Crippen molar-refractivity contribution in [1.82, 2.24) is 9.88 Å². The number of benzene rings is 1. The minimum atomic E-state index is 1.10. The molecular weight excluding hydrogens is 216 g/mol. The molecule has 1 saturated heterocycles. The summed E-state index contributed by atoms with van der Waals surface area (Å²) in [6, 6.07) is 6.47. The smallest absolute Gasteiger partial charge is 0.0815 e. The van der Waals surface area contributed by atoms with Crippen molar-refractivity contribution in [2.24, 2.45) is 0 Å². The van der Waals surface area contributed by atoms with E-state index in [1.165, 1.54) is 42.6 Å². The van der Waals surface area contributed by atoms with E-state index in [2.05, 4.69) is 28.1 Å². The van der Waals surface area contributed by atoms with E-state index in [9.17, 15) is 0 Å². The van der Waals surface area contributed by atoms with Crippen LogP contribution in [0.15, 0.2) is 23.7 Å². The predicted octanol–water partition coefficient (Wildman–Crippen LogP) is 3.28. The Balaban J connectivity index is 1.85. The molecule has 84 valence electrons. The summed E-state index contributed by atoms with van der Waals surface area (Å²) in [5.41, 5.74) is 4.55. The summed E-state index contributed by atoms with van der Waals surface area (Å²) in [4.78, 5) is 6.94. The first kappa shape index (κ1) is 10.2. The Kier molecular flexibility index (Phi) is 2.89. The van der Waals surface area contributed by atoms with E-state index >= 15 is 0 Å². The van der Waals surface area contributed by atoms with E-state index in [0.29, 0.717) is 0 Å². The fourth-order valence-electron chi connectivity index (χ4n) is 2.43. The second-order valence-electron chi connectivity index (χ2n) is 4.45. The van der Waals surface area contributed by atoms with Gasteiger partial charge in [-0.2, -0.15) is 0 Å². The second-order valence-corrected chi connectivity index (χ2v) is 5.31. The van der Waals surface area contributed by atoms with Gasteiger partial charge in [0.05, 0.1) is 15.7 Å². The molecule has 1 aliphatic heterocycles. The lowest BCUT2D eigenvalue weighted by Gasteiger charge is -2.26. The van der Waals surface area contributed by atoms with Crippen molar-refractivity contribution >= 4 is 21.6 Å². The van der Waals surface area contributed by atoms with Crippen molar-refractivity contribution in [2.75, 3.05) is 13.1 Å². The molecule has 0 spiro atoms. The molecule has 0 atom stereocenters. The van der Waals surface area contributed by atoms with Gasteiger partial charge in [0, 0.05) is 6.54 Å². The van der Waals surface area contributed by atoms with E-state index in [-0.39, 0.29) is 0 Å². The van der Waals surface area contributed by atoms with Crippen molar-refractivity contribution < 1.29 is 0 Å². The van der Waals surface area contributed by atoms with Crippen molar-refractivity contribution in [1.29, 1.82) is 0 Å². The molecule has 0 N–H and O–H groups in total. The third-order valence-electron chi connectivity index (χ3n) is 3.28. The number of likely N-dealkylation sites (tertiary alicyclic amines) is 1. The van der Waals surface area contributed by atoms with Gasteiger partial charge in [-0.05, 0) is 37.6 Å². The van der Waals surface area contributed by atoms with Crippen LogP contribution >= 0.6 is 11.3 Å². The van der Waals surface area contributed by atoms with Gasteiger partial charge in [0.2, 0.25) is 0 Å². The Morgan fingerprint density at radius 1 is 1.19 bits per heavy atom. The Bertz CT molecular complexity index is 471. The molecule has 16 heavy (non-hydrogen) atoms. The van der Waals surface area contributed by atoms with Crippen LogP contribution in [0.25, 0.3) is 10.2 Å². The van der Waals surface area contributed by atoms with E-state index in [1.807, 2.05) is 5.51 Å². The summed E-state index contributed by atoms with van der Waals surface area (Å²) in [5, 5.41) is 0. The molecule has 0 bridgehead atoms. The lowest BCUT2D eigenvalue weighted by Crippen LogP contribution is -2.29. The topological polar surface area (TPSA) is 16.1 Å². The molecule has 1 aliphatic rings. The molecule has 3 rings (SSSR count). The number of rotatable bonds is 2. The van der Waals surface area contributed by atoms with Gasteiger partial charge in [-0.1, -0.05) is 18.6 Å². The lowest BCUT2D eigenvalue weighted by atomic mass is 10.1. The zero-order valence-electron chi connectivity index (χ0n) is 9.35. The summed E-state index contributed by atoms with van der Waals surface area (Å²) in [7, 11) is 0. The summed E-state index contributed by atoms with van der Waals surface area (Å²) >= 11 is 1.76. The predicted molar refractivity (Wildman–Crippen MR) is 68.7 cm³/mol. The monoisotopic (exact) mass is 232 g/mol. The van der Waals surface area contributed by atoms with Gasteiger partial charge in [0.25, 0.3) is 0 Å². The molecule has 0 radical (unpaired) electrons. The minimum absolute atomic E-state index is 1.10. The average molecular weight is 232 g/mol. The van der Waals surface area contributed by atoms with Gasteiger partial charge in [-0.3, -0.25) is 4.90 Å². The highest BCUT2D eigenvalue weighted by Crippen LogP contribution is 2.24.